The number of ether oxygens (including phenoxy) is 2. The Morgan fingerprint density at radius 2 is 2.03 bits per heavy atom. The van der Waals surface area contributed by atoms with Crippen LogP contribution in [0.25, 0.3) is 0 Å². The lowest BCUT2D eigenvalue weighted by molar-refractivity contribution is -0.140. The van der Waals surface area contributed by atoms with Crippen molar-refractivity contribution in [2.24, 2.45) is 5.92 Å². The Hall–Kier alpha value is -1.97. The largest absolute Gasteiger partial charge is 0.508 e. The van der Waals surface area contributed by atoms with Crippen molar-refractivity contribution in [3.63, 3.8) is 0 Å². The number of unbranched alkanes of at least 4 members (excludes halogenated alkanes) is 1. The van der Waals surface area contributed by atoms with Gasteiger partial charge in [0.2, 0.25) is 0 Å². The zero-order valence-corrected chi connectivity index (χ0v) is 18.8. The van der Waals surface area contributed by atoms with Crippen LogP contribution in [0.1, 0.15) is 90.2 Å². The second-order valence-corrected chi connectivity index (χ2v) is 9.98. The van der Waals surface area contributed by atoms with Gasteiger partial charge < -0.3 is 14.6 Å². The number of carbonyl (C=O) groups is 1. The maximum absolute atomic E-state index is 11.3. The van der Waals surface area contributed by atoms with E-state index in [4.69, 9.17) is 9.47 Å². The molecule has 1 aliphatic heterocycles. The molecule has 1 aromatic rings. The average molecular weight is 401 g/mol. The number of methoxy groups -OCH3 is 1. The zero-order chi connectivity index (χ0) is 21.4. The highest BCUT2D eigenvalue weighted by Crippen LogP contribution is 2.54. The van der Waals surface area contributed by atoms with Crippen molar-refractivity contribution >= 4 is 5.97 Å². The molecular weight excluding hydrogens is 364 g/mol. The smallest absolute Gasteiger partial charge is 0.305 e. The summed E-state index contributed by atoms with van der Waals surface area (Å²) in [4.78, 5) is 11.3. The second-order valence-electron chi connectivity index (χ2n) is 9.98. The number of aromatic hydroxyl groups is 1. The predicted octanol–water partition coefficient (Wildman–Crippen LogP) is 6.01. The third-order valence-electron chi connectivity index (χ3n) is 6.95. The van der Waals surface area contributed by atoms with Gasteiger partial charge in [0.25, 0.3) is 0 Å². The van der Waals surface area contributed by atoms with E-state index in [1.807, 2.05) is 6.07 Å². The van der Waals surface area contributed by atoms with Gasteiger partial charge >= 0.3 is 5.97 Å². The molecule has 0 saturated heterocycles. The van der Waals surface area contributed by atoms with Gasteiger partial charge in [0.1, 0.15) is 17.1 Å². The van der Waals surface area contributed by atoms with Crippen LogP contribution in [-0.4, -0.2) is 23.8 Å². The number of hydrogen-bond donors (Lipinski definition) is 1. The van der Waals surface area contributed by atoms with E-state index in [0.717, 1.165) is 49.0 Å². The van der Waals surface area contributed by atoms with E-state index in [9.17, 15) is 9.90 Å². The first-order valence-corrected chi connectivity index (χ1v) is 10.8. The lowest BCUT2D eigenvalue weighted by Crippen LogP contribution is -2.45. The Kier molecular flexibility index (Phi) is 6.03. The third kappa shape index (κ3) is 4.46. The average Bonchev–Trinajstić information content (AvgIpc) is 2.63. The Balaban J connectivity index is 1.84. The lowest BCUT2D eigenvalue weighted by Gasteiger charge is -2.47. The first-order chi connectivity index (χ1) is 13.5. The molecule has 1 heterocycles. The fourth-order valence-corrected chi connectivity index (χ4v) is 5.04. The third-order valence-corrected chi connectivity index (χ3v) is 6.95. The van der Waals surface area contributed by atoms with E-state index in [2.05, 4.69) is 46.8 Å². The maximum atomic E-state index is 11.3. The molecule has 0 radical (unpaired) electrons. The first-order valence-electron chi connectivity index (χ1n) is 10.8. The Labute approximate surface area is 175 Å². The summed E-state index contributed by atoms with van der Waals surface area (Å²) in [5, 5.41) is 11.0. The predicted molar refractivity (Wildman–Crippen MR) is 116 cm³/mol. The van der Waals surface area contributed by atoms with Crippen molar-refractivity contribution in [2.45, 2.75) is 90.1 Å². The zero-order valence-electron chi connectivity index (χ0n) is 18.8. The van der Waals surface area contributed by atoms with Gasteiger partial charge in [-0.2, -0.15) is 0 Å². The molecule has 2 aliphatic rings. The second kappa shape index (κ2) is 8.04. The number of fused-ring (bicyclic) bond motifs is 3. The van der Waals surface area contributed by atoms with Crippen LogP contribution in [0.5, 0.6) is 11.5 Å². The number of phenols is 1. The van der Waals surface area contributed by atoms with Crippen molar-refractivity contribution in [3.05, 3.63) is 34.9 Å². The van der Waals surface area contributed by atoms with Crippen LogP contribution in [0.4, 0.5) is 0 Å². The molecule has 0 saturated carbocycles. The van der Waals surface area contributed by atoms with Crippen molar-refractivity contribution in [1.82, 2.24) is 0 Å². The van der Waals surface area contributed by atoms with Crippen LogP contribution in [0.3, 0.4) is 0 Å². The summed E-state index contributed by atoms with van der Waals surface area (Å²) in [5.74, 6) is 1.72. The summed E-state index contributed by atoms with van der Waals surface area (Å²) in [6.07, 6.45) is 7.42. The minimum Gasteiger partial charge on any atom is -0.508 e. The molecule has 3 rings (SSSR count). The molecule has 0 bridgehead atoms. The molecule has 2 atom stereocenters. The highest BCUT2D eigenvalue weighted by Gasteiger charge is 2.46. The van der Waals surface area contributed by atoms with E-state index < -0.39 is 0 Å². The molecule has 160 valence electrons. The Morgan fingerprint density at radius 3 is 2.72 bits per heavy atom. The van der Waals surface area contributed by atoms with Crippen molar-refractivity contribution in [1.29, 1.82) is 0 Å². The van der Waals surface area contributed by atoms with Crippen LogP contribution in [0.2, 0.25) is 0 Å². The molecule has 0 amide bonds. The number of allylic oxidation sites excluding steroid dienone is 2. The van der Waals surface area contributed by atoms with Gasteiger partial charge in [-0.05, 0) is 69.6 Å². The van der Waals surface area contributed by atoms with Gasteiger partial charge in [0, 0.05) is 23.8 Å². The van der Waals surface area contributed by atoms with Crippen LogP contribution >= 0.6 is 0 Å². The summed E-state index contributed by atoms with van der Waals surface area (Å²) in [5.41, 5.74) is 3.08. The van der Waals surface area contributed by atoms with E-state index in [1.54, 1.807) is 0 Å². The van der Waals surface area contributed by atoms with Crippen LogP contribution in [0.15, 0.2) is 23.8 Å². The first kappa shape index (κ1) is 21.7. The highest BCUT2D eigenvalue weighted by atomic mass is 16.5. The Bertz CT molecular complexity index is 803. The number of carbonyl (C=O) groups excluding carboxylic acids is 1. The molecule has 2 unspecified atom stereocenters. The monoisotopic (exact) mass is 400 g/mol. The van der Waals surface area contributed by atoms with Gasteiger partial charge in [0.05, 0.1) is 7.11 Å². The van der Waals surface area contributed by atoms with E-state index in [1.165, 1.54) is 12.7 Å². The van der Waals surface area contributed by atoms with E-state index in [0.29, 0.717) is 24.0 Å². The van der Waals surface area contributed by atoms with Gasteiger partial charge in [-0.15, -0.1) is 0 Å². The SMILES string of the molecule is COC(=O)CCCCC(C)(C)c1cc(O)c2c(c1)OC(C)(C)C1CC=C(C)CC21. The maximum Gasteiger partial charge on any atom is 0.305 e. The normalized spacial score (nSPS) is 22.8. The quantitative estimate of drug-likeness (QED) is 0.361. The number of hydrogen-bond acceptors (Lipinski definition) is 4. The van der Waals surface area contributed by atoms with Gasteiger partial charge in [-0.25, -0.2) is 0 Å². The molecule has 1 aromatic carbocycles. The molecular formula is C25H36O4. The summed E-state index contributed by atoms with van der Waals surface area (Å²) < 4.78 is 11.2. The topological polar surface area (TPSA) is 55.8 Å². The molecule has 4 heteroatoms. The fraction of sp³-hybridized carbons (Fsp3) is 0.640. The summed E-state index contributed by atoms with van der Waals surface area (Å²) >= 11 is 0. The summed E-state index contributed by atoms with van der Waals surface area (Å²) in [7, 11) is 1.43. The minimum atomic E-state index is -0.259. The molecule has 4 nitrogen and oxygen atoms in total. The van der Waals surface area contributed by atoms with Crippen molar-refractivity contribution in [3.8, 4) is 11.5 Å². The van der Waals surface area contributed by atoms with Gasteiger partial charge in [-0.1, -0.05) is 31.9 Å². The molecule has 1 N–H and O–H groups in total. The lowest BCUT2D eigenvalue weighted by atomic mass is 9.66. The minimum absolute atomic E-state index is 0.116. The number of benzene rings is 1. The van der Waals surface area contributed by atoms with Crippen LogP contribution < -0.4 is 4.74 Å². The summed E-state index contributed by atoms with van der Waals surface area (Å²) in [6, 6.07) is 4.08. The fourth-order valence-electron chi connectivity index (χ4n) is 5.04. The molecule has 1 aliphatic carbocycles. The Morgan fingerprint density at radius 1 is 1.31 bits per heavy atom. The van der Waals surface area contributed by atoms with Crippen molar-refractivity contribution < 1.29 is 19.4 Å². The molecule has 0 aromatic heterocycles. The van der Waals surface area contributed by atoms with E-state index >= 15 is 0 Å². The number of rotatable bonds is 6. The number of phenolic OH excluding ortho intramolecular Hbond substituents is 1. The summed E-state index contributed by atoms with van der Waals surface area (Å²) in [6.45, 7) is 10.9. The van der Waals surface area contributed by atoms with Gasteiger partial charge in [-0.3, -0.25) is 4.79 Å². The van der Waals surface area contributed by atoms with Crippen LogP contribution in [0, 0.1) is 5.92 Å². The highest BCUT2D eigenvalue weighted by molar-refractivity contribution is 5.69. The number of esters is 1. The molecule has 0 spiro atoms. The molecule has 0 fully saturated rings. The van der Waals surface area contributed by atoms with Crippen molar-refractivity contribution in [2.75, 3.05) is 7.11 Å². The van der Waals surface area contributed by atoms with E-state index in [-0.39, 0.29) is 17.0 Å². The standard InChI is InChI=1S/C25H36O4/c1-16-10-11-19-18(13-16)23-20(26)14-17(15-21(23)29-25(19,4)5)24(2,3)12-8-7-9-22(27)28-6/h10,14-15,18-19,26H,7-9,11-13H2,1-6H3. The molecule has 29 heavy (non-hydrogen) atoms. The van der Waals surface area contributed by atoms with Crippen LogP contribution in [-0.2, 0) is 14.9 Å². The van der Waals surface area contributed by atoms with Gasteiger partial charge in [0.15, 0.2) is 0 Å².